The van der Waals surface area contributed by atoms with E-state index in [1.165, 1.54) is 17.4 Å². The number of hydrogen-bond donors (Lipinski definition) is 2. The second-order valence-electron chi connectivity index (χ2n) is 4.52. The Bertz CT molecular complexity index is 682. The van der Waals surface area contributed by atoms with Crippen molar-refractivity contribution in [1.82, 2.24) is 9.71 Å². The van der Waals surface area contributed by atoms with Crippen LogP contribution in [0.25, 0.3) is 0 Å². The zero-order valence-corrected chi connectivity index (χ0v) is 13.4. The summed E-state index contributed by atoms with van der Waals surface area (Å²) < 4.78 is 27.0. The van der Waals surface area contributed by atoms with Gasteiger partial charge in [-0.25, -0.2) is 18.1 Å². The van der Waals surface area contributed by atoms with E-state index < -0.39 is 10.0 Å². The highest BCUT2D eigenvalue weighted by molar-refractivity contribution is 7.89. The van der Waals surface area contributed by atoms with Crippen LogP contribution in [0.4, 0.5) is 0 Å². The minimum Gasteiger partial charge on any atom is -0.392 e. The number of nitrogens with zero attached hydrogens (tertiary/aromatic N) is 1. The van der Waals surface area contributed by atoms with Gasteiger partial charge in [-0.2, -0.15) is 0 Å². The molecular formula is C14H18N2O3S2. The molecule has 0 saturated carbocycles. The number of thiazole rings is 1. The van der Waals surface area contributed by atoms with Gasteiger partial charge in [0.15, 0.2) is 0 Å². The van der Waals surface area contributed by atoms with Gasteiger partial charge in [0.1, 0.15) is 0 Å². The van der Waals surface area contributed by atoms with Crippen LogP contribution >= 0.6 is 11.3 Å². The Hall–Kier alpha value is -1.28. The molecule has 2 rings (SSSR count). The average Bonchev–Trinajstić information content (AvgIpc) is 2.99. The van der Waals surface area contributed by atoms with Gasteiger partial charge in [0, 0.05) is 24.5 Å². The summed E-state index contributed by atoms with van der Waals surface area (Å²) in [5.41, 5.74) is 1.61. The largest absolute Gasteiger partial charge is 0.392 e. The molecule has 0 unspecified atom stereocenters. The van der Waals surface area contributed by atoms with Gasteiger partial charge in [-0.3, -0.25) is 0 Å². The van der Waals surface area contributed by atoms with Crippen LogP contribution in [-0.4, -0.2) is 25.1 Å². The van der Waals surface area contributed by atoms with Crippen molar-refractivity contribution in [1.29, 1.82) is 0 Å². The quantitative estimate of drug-likeness (QED) is 0.812. The Kier molecular flexibility index (Phi) is 5.46. The standard InChI is InChI=1S/C14H18N2O3S2/c1-2-11-3-4-13(9-12(11)10-17)21(18,19)16-6-5-14-15-7-8-20-14/h3-4,7-9,16-17H,2,5-6,10H2,1H3. The highest BCUT2D eigenvalue weighted by Gasteiger charge is 2.15. The SMILES string of the molecule is CCc1ccc(S(=O)(=O)NCCc2nccs2)cc1CO. The molecule has 1 aromatic carbocycles. The number of aryl methyl sites for hydroxylation is 1. The molecule has 114 valence electrons. The van der Waals surface area contributed by atoms with E-state index >= 15 is 0 Å². The molecule has 0 amide bonds. The summed E-state index contributed by atoms with van der Waals surface area (Å²) in [5, 5.41) is 12.1. The summed E-state index contributed by atoms with van der Waals surface area (Å²) in [4.78, 5) is 4.29. The molecule has 0 aliphatic carbocycles. The van der Waals surface area contributed by atoms with Crippen molar-refractivity contribution in [2.75, 3.05) is 6.54 Å². The molecule has 1 aromatic heterocycles. The summed E-state index contributed by atoms with van der Waals surface area (Å²) >= 11 is 1.50. The Morgan fingerprint density at radius 1 is 1.33 bits per heavy atom. The lowest BCUT2D eigenvalue weighted by atomic mass is 10.1. The minimum atomic E-state index is -3.56. The molecule has 1 heterocycles. The molecule has 0 aliphatic rings. The molecule has 0 spiro atoms. The third-order valence-corrected chi connectivity index (χ3v) is 5.45. The number of aliphatic hydroxyl groups excluding tert-OH is 1. The van der Waals surface area contributed by atoms with E-state index in [2.05, 4.69) is 9.71 Å². The summed E-state index contributed by atoms with van der Waals surface area (Å²) in [6.07, 6.45) is 3.02. The maximum atomic E-state index is 12.2. The van der Waals surface area contributed by atoms with E-state index in [0.29, 0.717) is 18.5 Å². The first-order valence-electron chi connectivity index (χ1n) is 6.67. The molecule has 0 fully saturated rings. The van der Waals surface area contributed by atoms with Gasteiger partial charge in [-0.1, -0.05) is 13.0 Å². The fraction of sp³-hybridized carbons (Fsp3) is 0.357. The third kappa shape index (κ3) is 4.10. The van der Waals surface area contributed by atoms with E-state index in [-0.39, 0.29) is 11.5 Å². The van der Waals surface area contributed by atoms with Crippen LogP contribution in [0.1, 0.15) is 23.1 Å². The number of aromatic nitrogens is 1. The van der Waals surface area contributed by atoms with Gasteiger partial charge in [0.2, 0.25) is 10.0 Å². The molecule has 0 saturated heterocycles. The molecule has 5 nitrogen and oxygen atoms in total. The number of rotatable bonds is 7. The molecule has 2 N–H and O–H groups in total. The van der Waals surface area contributed by atoms with Crippen molar-refractivity contribution in [3.05, 3.63) is 45.9 Å². The first kappa shape index (κ1) is 16.1. The van der Waals surface area contributed by atoms with Gasteiger partial charge in [0.05, 0.1) is 16.5 Å². The Balaban J connectivity index is 2.08. The smallest absolute Gasteiger partial charge is 0.240 e. The van der Waals surface area contributed by atoms with Crippen LogP contribution in [0.5, 0.6) is 0 Å². The van der Waals surface area contributed by atoms with Crippen molar-refractivity contribution in [2.24, 2.45) is 0 Å². The van der Waals surface area contributed by atoms with Gasteiger partial charge in [-0.05, 0) is 29.7 Å². The number of nitrogens with one attached hydrogen (secondary N) is 1. The normalized spacial score (nSPS) is 11.7. The lowest BCUT2D eigenvalue weighted by Gasteiger charge is -2.10. The lowest BCUT2D eigenvalue weighted by Crippen LogP contribution is -2.26. The number of benzene rings is 1. The van der Waals surface area contributed by atoms with E-state index in [1.807, 2.05) is 12.3 Å². The average molecular weight is 326 g/mol. The van der Waals surface area contributed by atoms with Crippen molar-refractivity contribution < 1.29 is 13.5 Å². The summed E-state index contributed by atoms with van der Waals surface area (Å²) in [6, 6.07) is 4.86. The summed E-state index contributed by atoms with van der Waals surface area (Å²) in [6.45, 7) is 2.11. The predicted molar refractivity (Wildman–Crippen MR) is 82.7 cm³/mol. The van der Waals surface area contributed by atoms with Gasteiger partial charge in [0.25, 0.3) is 0 Å². The molecule has 21 heavy (non-hydrogen) atoms. The lowest BCUT2D eigenvalue weighted by molar-refractivity contribution is 0.280. The molecule has 0 atom stereocenters. The zero-order chi connectivity index (χ0) is 15.3. The van der Waals surface area contributed by atoms with Crippen molar-refractivity contribution in [3.8, 4) is 0 Å². The molecule has 0 radical (unpaired) electrons. The third-order valence-electron chi connectivity index (χ3n) is 3.15. The zero-order valence-electron chi connectivity index (χ0n) is 11.7. The van der Waals surface area contributed by atoms with E-state index in [4.69, 9.17) is 0 Å². The van der Waals surface area contributed by atoms with Gasteiger partial charge in [-0.15, -0.1) is 11.3 Å². The van der Waals surface area contributed by atoms with Crippen molar-refractivity contribution in [3.63, 3.8) is 0 Å². The van der Waals surface area contributed by atoms with E-state index in [9.17, 15) is 13.5 Å². The Labute approximate surface area is 128 Å². The molecule has 7 heteroatoms. The first-order chi connectivity index (χ1) is 10.1. The predicted octanol–water partition coefficient (Wildman–Crippen LogP) is 1.72. The fourth-order valence-electron chi connectivity index (χ4n) is 2.01. The Morgan fingerprint density at radius 2 is 2.14 bits per heavy atom. The highest BCUT2D eigenvalue weighted by atomic mass is 32.2. The van der Waals surface area contributed by atoms with Crippen LogP contribution in [0.3, 0.4) is 0 Å². The van der Waals surface area contributed by atoms with Gasteiger partial charge < -0.3 is 5.11 Å². The van der Waals surface area contributed by atoms with Crippen LogP contribution in [0, 0.1) is 0 Å². The maximum absolute atomic E-state index is 12.2. The van der Waals surface area contributed by atoms with Crippen LogP contribution < -0.4 is 4.72 Å². The number of sulfonamides is 1. The first-order valence-corrected chi connectivity index (χ1v) is 9.03. The minimum absolute atomic E-state index is 0.161. The maximum Gasteiger partial charge on any atom is 0.240 e. The van der Waals surface area contributed by atoms with Crippen LogP contribution in [0.2, 0.25) is 0 Å². The molecule has 0 bridgehead atoms. The van der Waals surface area contributed by atoms with E-state index in [0.717, 1.165) is 17.0 Å². The molecular weight excluding hydrogens is 308 g/mol. The van der Waals surface area contributed by atoms with Crippen molar-refractivity contribution >= 4 is 21.4 Å². The number of hydrogen-bond acceptors (Lipinski definition) is 5. The van der Waals surface area contributed by atoms with Crippen LogP contribution in [0.15, 0.2) is 34.7 Å². The van der Waals surface area contributed by atoms with Crippen molar-refractivity contribution in [2.45, 2.75) is 31.3 Å². The number of aliphatic hydroxyl groups is 1. The Morgan fingerprint density at radius 3 is 2.76 bits per heavy atom. The molecule has 0 aliphatic heterocycles. The van der Waals surface area contributed by atoms with Crippen LogP contribution in [-0.2, 0) is 29.5 Å². The summed E-state index contributed by atoms with van der Waals surface area (Å²) in [7, 11) is -3.56. The second kappa shape index (κ2) is 7.13. The van der Waals surface area contributed by atoms with E-state index in [1.54, 1.807) is 18.3 Å². The molecule has 2 aromatic rings. The summed E-state index contributed by atoms with van der Waals surface area (Å²) in [5.74, 6) is 0. The van der Waals surface area contributed by atoms with Gasteiger partial charge >= 0.3 is 0 Å². The monoisotopic (exact) mass is 326 g/mol. The topological polar surface area (TPSA) is 79.3 Å². The fourth-order valence-corrected chi connectivity index (χ4v) is 3.72. The second-order valence-corrected chi connectivity index (χ2v) is 7.26. The highest BCUT2D eigenvalue weighted by Crippen LogP contribution is 2.17.